The Bertz CT molecular complexity index is 363. The molecule has 0 bridgehead atoms. The zero-order valence-corrected chi connectivity index (χ0v) is 10.6. The van der Waals surface area contributed by atoms with Gasteiger partial charge in [0.15, 0.2) is 0 Å². The van der Waals surface area contributed by atoms with Crippen LogP contribution in [-0.4, -0.2) is 19.8 Å². The van der Waals surface area contributed by atoms with Gasteiger partial charge < -0.3 is 10.1 Å². The summed E-state index contributed by atoms with van der Waals surface area (Å²) >= 11 is 0. The fourth-order valence-electron chi connectivity index (χ4n) is 1.39. The molecule has 0 heterocycles. The highest BCUT2D eigenvalue weighted by molar-refractivity contribution is 5.46. The van der Waals surface area contributed by atoms with Crippen molar-refractivity contribution < 1.29 is 17.9 Å². The molecule has 0 atom stereocenters. The summed E-state index contributed by atoms with van der Waals surface area (Å²) in [5.41, 5.74) is -0.187. The lowest BCUT2D eigenvalue weighted by molar-refractivity contribution is -0.137. The Morgan fingerprint density at radius 3 is 2.61 bits per heavy atom. The number of rotatable bonds is 6. The van der Waals surface area contributed by atoms with Crippen molar-refractivity contribution in [3.8, 4) is 0 Å². The first kappa shape index (κ1) is 14.8. The van der Waals surface area contributed by atoms with Gasteiger partial charge in [0.05, 0.1) is 12.2 Å². The van der Waals surface area contributed by atoms with Crippen LogP contribution in [0, 0.1) is 5.92 Å². The lowest BCUT2D eigenvalue weighted by Gasteiger charge is -2.11. The van der Waals surface area contributed by atoms with Gasteiger partial charge in [-0.05, 0) is 24.1 Å². The van der Waals surface area contributed by atoms with Crippen molar-refractivity contribution in [1.29, 1.82) is 0 Å². The summed E-state index contributed by atoms with van der Waals surface area (Å²) in [6.07, 6.45) is -4.30. The molecule has 102 valence electrons. The Morgan fingerprint density at radius 2 is 2.00 bits per heavy atom. The highest BCUT2D eigenvalue weighted by Gasteiger charge is 2.30. The van der Waals surface area contributed by atoms with Gasteiger partial charge in [0.1, 0.15) is 0 Å². The molecule has 1 rings (SSSR count). The Balaban J connectivity index is 2.39. The molecule has 0 unspecified atom stereocenters. The fourth-order valence-corrected chi connectivity index (χ4v) is 1.39. The molecule has 0 saturated carbocycles. The van der Waals surface area contributed by atoms with E-state index >= 15 is 0 Å². The third-order valence-electron chi connectivity index (χ3n) is 2.22. The molecular weight excluding hydrogens is 243 g/mol. The van der Waals surface area contributed by atoms with E-state index in [-0.39, 0.29) is 0 Å². The Kier molecular flexibility index (Phi) is 5.47. The van der Waals surface area contributed by atoms with E-state index in [0.29, 0.717) is 31.4 Å². The van der Waals surface area contributed by atoms with Crippen LogP contribution in [0.4, 0.5) is 18.9 Å². The van der Waals surface area contributed by atoms with Gasteiger partial charge in [-0.1, -0.05) is 19.9 Å². The zero-order chi connectivity index (χ0) is 13.6. The quantitative estimate of drug-likeness (QED) is 0.787. The maximum atomic E-state index is 12.4. The van der Waals surface area contributed by atoms with Crippen molar-refractivity contribution in [3.05, 3.63) is 29.8 Å². The van der Waals surface area contributed by atoms with Crippen LogP contribution in [0.1, 0.15) is 19.4 Å². The normalized spacial score (nSPS) is 11.9. The van der Waals surface area contributed by atoms with E-state index in [2.05, 4.69) is 5.32 Å². The minimum Gasteiger partial charge on any atom is -0.383 e. The molecule has 2 nitrogen and oxygen atoms in total. The molecule has 0 spiro atoms. The number of ether oxygens (including phenoxy) is 1. The van der Waals surface area contributed by atoms with Gasteiger partial charge in [0, 0.05) is 18.8 Å². The van der Waals surface area contributed by atoms with Crippen molar-refractivity contribution in [2.75, 3.05) is 25.1 Å². The summed E-state index contributed by atoms with van der Waals surface area (Å²) in [7, 11) is 0. The molecule has 1 aromatic rings. The van der Waals surface area contributed by atoms with Gasteiger partial charge in [-0.2, -0.15) is 13.2 Å². The third kappa shape index (κ3) is 5.40. The van der Waals surface area contributed by atoms with E-state index in [4.69, 9.17) is 4.74 Å². The van der Waals surface area contributed by atoms with Gasteiger partial charge in [-0.3, -0.25) is 0 Å². The number of anilines is 1. The summed E-state index contributed by atoms with van der Waals surface area (Å²) in [6, 6.07) is 5.15. The molecule has 0 aliphatic carbocycles. The zero-order valence-electron chi connectivity index (χ0n) is 10.6. The number of alkyl halides is 3. The van der Waals surface area contributed by atoms with Crippen LogP contribution in [0.3, 0.4) is 0 Å². The van der Waals surface area contributed by atoms with Crippen LogP contribution >= 0.6 is 0 Å². The van der Waals surface area contributed by atoms with Crippen LogP contribution in [0.5, 0.6) is 0 Å². The van der Waals surface area contributed by atoms with Gasteiger partial charge in [0.2, 0.25) is 0 Å². The molecule has 0 amide bonds. The number of nitrogens with one attached hydrogen (secondary N) is 1. The lowest BCUT2D eigenvalue weighted by Crippen LogP contribution is -2.13. The first-order valence-corrected chi connectivity index (χ1v) is 5.88. The highest BCUT2D eigenvalue weighted by Crippen LogP contribution is 2.30. The van der Waals surface area contributed by atoms with E-state index in [0.717, 1.165) is 12.1 Å². The van der Waals surface area contributed by atoms with Crippen molar-refractivity contribution in [3.63, 3.8) is 0 Å². The van der Waals surface area contributed by atoms with Crippen molar-refractivity contribution in [1.82, 2.24) is 0 Å². The first-order chi connectivity index (χ1) is 8.39. The second-order valence-electron chi connectivity index (χ2n) is 4.47. The van der Waals surface area contributed by atoms with Crippen molar-refractivity contribution >= 4 is 5.69 Å². The number of hydrogen-bond acceptors (Lipinski definition) is 2. The average Bonchev–Trinajstić information content (AvgIpc) is 2.27. The molecule has 0 radical (unpaired) electrons. The number of hydrogen-bond donors (Lipinski definition) is 1. The van der Waals surface area contributed by atoms with Gasteiger partial charge in [-0.25, -0.2) is 0 Å². The molecule has 0 fully saturated rings. The van der Waals surface area contributed by atoms with Crippen LogP contribution in [0.2, 0.25) is 0 Å². The molecular formula is C13H18F3NO. The molecule has 1 aromatic carbocycles. The fraction of sp³-hybridized carbons (Fsp3) is 0.538. The lowest BCUT2D eigenvalue weighted by atomic mass is 10.2. The predicted molar refractivity (Wildman–Crippen MR) is 65.6 cm³/mol. The molecule has 0 aromatic heterocycles. The Hall–Kier alpha value is -1.23. The van der Waals surface area contributed by atoms with E-state index in [1.165, 1.54) is 6.07 Å². The van der Waals surface area contributed by atoms with Crippen LogP contribution in [0.15, 0.2) is 24.3 Å². The van der Waals surface area contributed by atoms with Crippen LogP contribution in [-0.2, 0) is 10.9 Å². The highest BCUT2D eigenvalue weighted by atomic mass is 19.4. The second-order valence-corrected chi connectivity index (χ2v) is 4.47. The molecule has 1 N–H and O–H groups in total. The van der Waals surface area contributed by atoms with E-state index < -0.39 is 11.7 Å². The van der Waals surface area contributed by atoms with Gasteiger partial charge >= 0.3 is 6.18 Å². The SMILES string of the molecule is CC(C)COCCNc1cccc(C(F)(F)F)c1. The molecule has 0 aliphatic rings. The van der Waals surface area contributed by atoms with Crippen molar-refractivity contribution in [2.24, 2.45) is 5.92 Å². The van der Waals surface area contributed by atoms with E-state index in [9.17, 15) is 13.2 Å². The maximum absolute atomic E-state index is 12.4. The summed E-state index contributed by atoms with van der Waals surface area (Å²) in [6.45, 7) is 5.72. The monoisotopic (exact) mass is 261 g/mol. The maximum Gasteiger partial charge on any atom is 0.416 e. The first-order valence-electron chi connectivity index (χ1n) is 5.88. The van der Waals surface area contributed by atoms with Crippen LogP contribution in [0.25, 0.3) is 0 Å². The van der Waals surface area contributed by atoms with Crippen molar-refractivity contribution in [2.45, 2.75) is 20.0 Å². The van der Waals surface area contributed by atoms with Gasteiger partial charge in [0.25, 0.3) is 0 Å². The summed E-state index contributed by atoms with van der Waals surface area (Å²) < 4.78 is 42.7. The molecule has 18 heavy (non-hydrogen) atoms. The van der Waals surface area contributed by atoms with E-state index in [1.54, 1.807) is 6.07 Å². The molecule has 0 saturated heterocycles. The molecule has 5 heteroatoms. The third-order valence-corrected chi connectivity index (χ3v) is 2.22. The predicted octanol–water partition coefficient (Wildman–Crippen LogP) is 3.79. The Labute approximate surface area is 105 Å². The Morgan fingerprint density at radius 1 is 1.28 bits per heavy atom. The minimum absolute atomic E-state index is 0.456. The standard InChI is InChI=1S/C13H18F3NO/c1-10(2)9-18-7-6-17-12-5-3-4-11(8-12)13(14,15)16/h3-5,8,10,17H,6-7,9H2,1-2H3. The van der Waals surface area contributed by atoms with Crippen LogP contribution < -0.4 is 5.32 Å². The number of halogens is 3. The molecule has 0 aliphatic heterocycles. The summed E-state index contributed by atoms with van der Waals surface area (Å²) in [4.78, 5) is 0. The number of benzene rings is 1. The second kappa shape index (κ2) is 6.64. The smallest absolute Gasteiger partial charge is 0.383 e. The summed E-state index contributed by atoms with van der Waals surface area (Å²) in [5.74, 6) is 0.457. The van der Waals surface area contributed by atoms with Gasteiger partial charge in [-0.15, -0.1) is 0 Å². The topological polar surface area (TPSA) is 21.3 Å². The largest absolute Gasteiger partial charge is 0.416 e. The average molecular weight is 261 g/mol. The summed E-state index contributed by atoms with van der Waals surface area (Å²) in [5, 5.41) is 2.91. The minimum atomic E-state index is -4.30. The van der Waals surface area contributed by atoms with E-state index in [1.807, 2.05) is 13.8 Å².